The molecule has 0 radical (unpaired) electrons. The molecule has 1 fully saturated rings. The summed E-state index contributed by atoms with van der Waals surface area (Å²) in [4.78, 5) is 36.2. The van der Waals surface area contributed by atoms with Gasteiger partial charge in [-0.25, -0.2) is 9.59 Å². The minimum atomic E-state index is -0.619. The van der Waals surface area contributed by atoms with Crippen LogP contribution >= 0.6 is 0 Å². The first kappa shape index (κ1) is 23.1. The smallest absolute Gasteiger partial charge is 0.462 e. The molecule has 1 aliphatic carbocycles. The van der Waals surface area contributed by atoms with E-state index in [0.717, 1.165) is 0 Å². The Bertz CT molecular complexity index is 659. The fourth-order valence-electron chi connectivity index (χ4n) is 3.16. The van der Waals surface area contributed by atoms with Crippen molar-refractivity contribution in [2.24, 2.45) is 5.09 Å². The van der Waals surface area contributed by atoms with E-state index >= 15 is 0 Å². The summed E-state index contributed by atoms with van der Waals surface area (Å²) < 4.78 is 21.8. The fraction of sp³-hybridized carbons (Fsp3) is 0.684. The first-order valence-electron chi connectivity index (χ1n) is 9.81. The van der Waals surface area contributed by atoms with Crippen LogP contribution < -0.4 is 0 Å². The van der Waals surface area contributed by atoms with Gasteiger partial charge in [0.15, 0.2) is 0 Å². The van der Waals surface area contributed by atoms with Gasteiger partial charge in [-0.05, 0) is 46.6 Å². The van der Waals surface area contributed by atoms with Crippen molar-refractivity contribution in [1.29, 1.82) is 0 Å². The number of carbonyl (C=O) groups excluding carboxylic acids is 2. The van der Waals surface area contributed by atoms with E-state index < -0.39 is 11.7 Å². The third-order valence-corrected chi connectivity index (χ3v) is 4.44. The molecule has 0 aromatic heterocycles. The van der Waals surface area contributed by atoms with Crippen molar-refractivity contribution < 1.29 is 28.5 Å². The maximum absolute atomic E-state index is 12.6. The number of nitroso groups, excluding NO2 is 1. The van der Waals surface area contributed by atoms with Gasteiger partial charge in [-0.2, -0.15) is 4.91 Å². The molecule has 1 heterocycles. The van der Waals surface area contributed by atoms with Crippen molar-refractivity contribution in [3.63, 3.8) is 0 Å². The molecule has 2 rings (SSSR count). The van der Waals surface area contributed by atoms with Gasteiger partial charge in [0.05, 0.1) is 37.0 Å². The average Bonchev–Trinajstić information content (AvgIpc) is 3.07. The minimum absolute atomic E-state index is 0.203. The summed E-state index contributed by atoms with van der Waals surface area (Å²) in [7, 11) is -0.257. The summed E-state index contributed by atoms with van der Waals surface area (Å²) in [6, 6.07) is -0.245. The van der Waals surface area contributed by atoms with E-state index in [-0.39, 0.29) is 38.4 Å². The van der Waals surface area contributed by atoms with E-state index in [9.17, 15) is 14.5 Å². The minimum Gasteiger partial charge on any atom is -0.462 e. The van der Waals surface area contributed by atoms with Gasteiger partial charge >= 0.3 is 19.7 Å². The molecule has 160 valence electrons. The number of nitrogens with zero attached hydrogens (tertiary/aromatic N) is 2. The molecule has 0 bridgehead atoms. The monoisotopic (exact) mass is 408 g/mol. The standard InChI is InChI=1S/C19H29BN2O7/c1-5-26-17(23)13-6-8-15(9-7-13)27-12-14-10-16(29-20-21-25)11-22(14)18(24)28-19(2,3)4/h6-8,14-16,20H,5,9-12H2,1-4H3/t14-,15+,16+/m0/s1. The molecule has 1 amide bonds. The Morgan fingerprint density at radius 3 is 2.69 bits per heavy atom. The summed E-state index contributed by atoms with van der Waals surface area (Å²) in [5.41, 5.74) is -0.107. The highest BCUT2D eigenvalue weighted by atomic mass is 16.6. The molecule has 0 unspecified atom stereocenters. The Labute approximate surface area is 171 Å². The molecule has 2 aliphatic rings. The second-order valence-electron chi connectivity index (χ2n) is 7.92. The lowest BCUT2D eigenvalue weighted by atomic mass is 10.1. The van der Waals surface area contributed by atoms with Crippen molar-refractivity contribution >= 4 is 19.7 Å². The molecular formula is C19H29BN2O7. The van der Waals surface area contributed by atoms with E-state index in [0.29, 0.717) is 31.6 Å². The summed E-state index contributed by atoms with van der Waals surface area (Å²) in [5, 5.41) is 2.72. The van der Waals surface area contributed by atoms with Crippen molar-refractivity contribution in [2.45, 2.75) is 64.4 Å². The topological polar surface area (TPSA) is 104 Å². The lowest BCUT2D eigenvalue weighted by Gasteiger charge is -2.29. The van der Waals surface area contributed by atoms with Crippen LogP contribution in [0.1, 0.15) is 40.5 Å². The number of rotatable bonds is 8. The number of carbonyl (C=O) groups is 2. The third-order valence-electron chi connectivity index (χ3n) is 4.44. The van der Waals surface area contributed by atoms with Crippen molar-refractivity contribution in [2.75, 3.05) is 19.8 Å². The molecular weight excluding hydrogens is 379 g/mol. The van der Waals surface area contributed by atoms with Crippen LogP contribution in [0.2, 0.25) is 0 Å². The van der Waals surface area contributed by atoms with Gasteiger partial charge in [-0.15, -0.1) is 5.09 Å². The molecule has 0 spiro atoms. The van der Waals surface area contributed by atoms with Gasteiger partial charge in [-0.1, -0.05) is 12.2 Å². The first-order valence-corrected chi connectivity index (χ1v) is 9.81. The SMILES string of the molecule is CCOC(=O)C1=CC[C@H](OC[C@@H]2C[C@@H](OBN=O)CN2C(=O)OC(C)(C)C)C=C1. The van der Waals surface area contributed by atoms with Gasteiger partial charge in [0, 0.05) is 6.54 Å². The highest BCUT2D eigenvalue weighted by Gasteiger charge is 2.38. The van der Waals surface area contributed by atoms with E-state index in [4.69, 9.17) is 18.9 Å². The average molecular weight is 408 g/mol. The molecule has 0 aromatic carbocycles. The van der Waals surface area contributed by atoms with Gasteiger partial charge in [0.25, 0.3) is 0 Å². The Morgan fingerprint density at radius 2 is 2.10 bits per heavy atom. The number of hydrogen-bond acceptors (Lipinski definition) is 8. The van der Waals surface area contributed by atoms with Crippen LogP contribution in [0.25, 0.3) is 0 Å². The lowest BCUT2D eigenvalue weighted by Crippen LogP contribution is -2.42. The third kappa shape index (κ3) is 7.28. The van der Waals surface area contributed by atoms with Crippen molar-refractivity contribution in [1.82, 2.24) is 4.90 Å². The van der Waals surface area contributed by atoms with Crippen LogP contribution in [-0.4, -0.2) is 68.2 Å². The number of likely N-dealkylation sites (tertiary alicyclic amines) is 1. The zero-order chi connectivity index (χ0) is 21.4. The maximum Gasteiger partial charge on any atom is 0.469 e. The van der Waals surface area contributed by atoms with E-state index in [1.54, 1.807) is 44.7 Å². The van der Waals surface area contributed by atoms with Crippen LogP contribution in [0.3, 0.4) is 0 Å². The highest BCUT2D eigenvalue weighted by Crippen LogP contribution is 2.25. The van der Waals surface area contributed by atoms with E-state index in [1.165, 1.54) is 0 Å². The predicted octanol–water partition coefficient (Wildman–Crippen LogP) is 2.25. The fourth-order valence-corrected chi connectivity index (χ4v) is 3.16. The predicted molar refractivity (Wildman–Crippen MR) is 107 cm³/mol. The summed E-state index contributed by atoms with van der Waals surface area (Å²) in [6.07, 6.45) is 5.40. The zero-order valence-electron chi connectivity index (χ0n) is 17.5. The number of amides is 1. The Balaban J connectivity index is 1.92. The van der Waals surface area contributed by atoms with Crippen molar-refractivity contribution in [3.05, 3.63) is 28.7 Å². The van der Waals surface area contributed by atoms with Crippen LogP contribution in [0.5, 0.6) is 0 Å². The van der Waals surface area contributed by atoms with Gasteiger partial charge in [-0.3, -0.25) is 0 Å². The number of ether oxygens (including phenoxy) is 3. The van der Waals surface area contributed by atoms with Gasteiger partial charge < -0.3 is 23.8 Å². The summed E-state index contributed by atoms with van der Waals surface area (Å²) in [5.74, 6) is -0.349. The normalized spacial score (nSPS) is 24.1. The molecule has 9 nitrogen and oxygen atoms in total. The zero-order valence-corrected chi connectivity index (χ0v) is 17.5. The van der Waals surface area contributed by atoms with E-state index in [1.807, 2.05) is 6.08 Å². The summed E-state index contributed by atoms with van der Waals surface area (Å²) >= 11 is 0. The highest BCUT2D eigenvalue weighted by molar-refractivity contribution is 6.24. The Morgan fingerprint density at radius 1 is 1.34 bits per heavy atom. The molecule has 0 aromatic rings. The molecule has 10 heteroatoms. The Hall–Kier alpha value is -2.20. The van der Waals surface area contributed by atoms with Crippen LogP contribution in [-0.2, 0) is 23.7 Å². The molecule has 0 N–H and O–H groups in total. The van der Waals surface area contributed by atoms with Crippen LogP contribution in [0, 0.1) is 4.91 Å². The maximum atomic E-state index is 12.6. The molecule has 1 aliphatic heterocycles. The quantitative estimate of drug-likeness (QED) is 0.345. The summed E-state index contributed by atoms with van der Waals surface area (Å²) in [6.45, 7) is 8.09. The molecule has 1 saturated heterocycles. The number of esters is 1. The Kier molecular flexibility index (Phi) is 8.39. The van der Waals surface area contributed by atoms with Gasteiger partial charge in [0.2, 0.25) is 0 Å². The second-order valence-corrected chi connectivity index (χ2v) is 7.92. The van der Waals surface area contributed by atoms with E-state index in [2.05, 4.69) is 5.09 Å². The second kappa shape index (κ2) is 10.5. The van der Waals surface area contributed by atoms with Crippen molar-refractivity contribution in [3.8, 4) is 0 Å². The van der Waals surface area contributed by atoms with Crippen LogP contribution in [0.4, 0.5) is 4.79 Å². The first-order chi connectivity index (χ1) is 13.7. The largest absolute Gasteiger partial charge is 0.469 e. The van der Waals surface area contributed by atoms with Crippen LogP contribution in [0.15, 0.2) is 28.9 Å². The molecule has 0 saturated carbocycles. The number of hydrogen-bond donors (Lipinski definition) is 0. The molecule has 29 heavy (non-hydrogen) atoms. The van der Waals surface area contributed by atoms with Gasteiger partial charge in [0.1, 0.15) is 5.60 Å². The molecule has 3 atom stereocenters. The lowest BCUT2D eigenvalue weighted by molar-refractivity contribution is -0.138.